The van der Waals surface area contributed by atoms with Gasteiger partial charge in [0, 0.05) is 38.7 Å². The lowest BCUT2D eigenvalue weighted by molar-refractivity contribution is 0.669. The van der Waals surface area contributed by atoms with Crippen molar-refractivity contribution >= 4 is 71.5 Å². The van der Waals surface area contributed by atoms with Gasteiger partial charge >= 0.3 is 0 Å². The van der Waals surface area contributed by atoms with Crippen LogP contribution in [-0.2, 0) is 0 Å². The van der Waals surface area contributed by atoms with Crippen molar-refractivity contribution in [2.24, 2.45) is 0 Å². The van der Waals surface area contributed by atoms with Gasteiger partial charge in [-0.05, 0) is 87.3 Å². The first-order valence-corrected chi connectivity index (χ1v) is 19.7. The number of aryl methyl sites for hydroxylation is 1. The third-order valence-electron chi connectivity index (χ3n) is 11.3. The molecule has 11 rings (SSSR count). The SMILES string of the molecule is Cc1ccccc1N(C(=N)c1ccc(-c2nc(-c3ccc4c(c3)oc3ccccc34)nc(-c3ccc4c5ccccc5c5ccccc5c4c3)n2)cc1)c1ccccc1. The lowest BCUT2D eigenvalue weighted by Gasteiger charge is -2.27. The molecule has 1 N–H and O–H groups in total. The largest absolute Gasteiger partial charge is 0.456 e. The summed E-state index contributed by atoms with van der Waals surface area (Å²) < 4.78 is 6.30. The first kappa shape index (κ1) is 34.3. The molecule has 0 amide bonds. The van der Waals surface area contributed by atoms with Gasteiger partial charge in [0.1, 0.15) is 17.0 Å². The number of para-hydroxylation sites is 3. The molecule has 11 aromatic rings. The first-order chi connectivity index (χ1) is 29.1. The van der Waals surface area contributed by atoms with Crippen molar-refractivity contribution in [3.8, 4) is 34.2 Å². The van der Waals surface area contributed by atoms with E-state index in [1.54, 1.807) is 0 Å². The minimum Gasteiger partial charge on any atom is -0.456 e. The van der Waals surface area contributed by atoms with Gasteiger partial charge in [-0.25, -0.2) is 15.0 Å². The van der Waals surface area contributed by atoms with E-state index in [2.05, 4.69) is 104 Å². The predicted octanol–water partition coefficient (Wildman–Crippen LogP) is 13.7. The molecule has 0 saturated heterocycles. The first-order valence-electron chi connectivity index (χ1n) is 19.7. The van der Waals surface area contributed by atoms with Gasteiger partial charge in [-0.15, -0.1) is 0 Å². The summed E-state index contributed by atoms with van der Waals surface area (Å²) in [4.78, 5) is 17.4. The quantitative estimate of drug-likeness (QED) is 0.104. The van der Waals surface area contributed by atoms with Gasteiger partial charge in [-0.2, -0.15) is 0 Å². The number of fused-ring (bicyclic) bond motifs is 9. The van der Waals surface area contributed by atoms with Crippen LogP contribution in [0.15, 0.2) is 192 Å². The van der Waals surface area contributed by atoms with Crippen molar-refractivity contribution in [2.45, 2.75) is 6.92 Å². The molecule has 0 bridgehead atoms. The second-order valence-corrected chi connectivity index (χ2v) is 14.9. The minimum atomic E-state index is 0.365. The maximum Gasteiger partial charge on any atom is 0.164 e. The Morgan fingerprint density at radius 1 is 0.424 bits per heavy atom. The Kier molecular flexibility index (Phi) is 8.08. The molecule has 0 fully saturated rings. The molecular weight excluding hydrogens is 723 g/mol. The summed E-state index contributed by atoms with van der Waals surface area (Å²) in [6, 6.07) is 64.1. The number of hydrogen-bond acceptors (Lipinski definition) is 5. The zero-order valence-electron chi connectivity index (χ0n) is 32.1. The molecule has 0 aliphatic heterocycles. The summed E-state index contributed by atoms with van der Waals surface area (Å²) in [6.45, 7) is 2.07. The summed E-state index contributed by atoms with van der Waals surface area (Å²) >= 11 is 0. The lowest BCUT2D eigenvalue weighted by Crippen LogP contribution is -2.26. The maximum atomic E-state index is 9.48. The van der Waals surface area contributed by atoms with E-state index in [1.807, 2.05) is 95.9 Å². The molecule has 6 nitrogen and oxygen atoms in total. The summed E-state index contributed by atoms with van der Waals surface area (Å²) in [6.07, 6.45) is 0. The Morgan fingerprint density at radius 2 is 0.898 bits per heavy atom. The second kappa shape index (κ2) is 13.9. The van der Waals surface area contributed by atoms with Crippen LogP contribution >= 0.6 is 0 Å². The van der Waals surface area contributed by atoms with Crippen LogP contribution in [0.3, 0.4) is 0 Å². The van der Waals surface area contributed by atoms with Crippen molar-refractivity contribution in [1.82, 2.24) is 15.0 Å². The molecule has 9 aromatic carbocycles. The van der Waals surface area contributed by atoms with E-state index < -0.39 is 0 Å². The van der Waals surface area contributed by atoms with E-state index in [0.29, 0.717) is 23.3 Å². The number of benzene rings is 9. The second-order valence-electron chi connectivity index (χ2n) is 14.9. The van der Waals surface area contributed by atoms with Gasteiger partial charge in [-0.3, -0.25) is 10.3 Å². The van der Waals surface area contributed by atoms with Crippen LogP contribution in [0.2, 0.25) is 0 Å². The molecule has 0 aliphatic rings. The molecule has 0 unspecified atom stereocenters. The van der Waals surface area contributed by atoms with Crippen molar-refractivity contribution in [2.75, 3.05) is 4.90 Å². The number of nitrogens with zero attached hydrogens (tertiary/aromatic N) is 4. The van der Waals surface area contributed by atoms with Crippen molar-refractivity contribution in [3.63, 3.8) is 0 Å². The summed E-state index contributed by atoms with van der Waals surface area (Å²) in [5.74, 6) is 2.02. The van der Waals surface area contributed by atoms with Crippen molar-refractivity contribution in [1.29, 1.82) is 5.41 Å². The Labute approximate surface area is 340 Å². The zero-order chi connectivity index (χ0) is 39.5. The molecule has 2 aromatic heterocycles. The van der Waals surface area contributed by atoms with Crippen LogP contribution in [0.1, 0.15) is 11.1 Å². The van der Waals surface area contributed by atoms with E-state index in [0.717, 1.165) is 66.5 Å². The van der Waals surface area contributed by atoms with Crippen LogP contribution in [-0.4, -0.2) is 20.8 Å². The fourth-order valence-electron chi connectivity index (χ4n) is 8.36. The fourth-order valence-corrected chi connectivity index (χ4v) is 8.36. The number of hydrogen-bond donors (Lipinski definition) is 1. The molecule has 0 saturated carbocycles. The molecule has 2 heterocycles. The van der Waals surface area contributed by atoms with E-state index >= 15 is 0 Å². The van der Waals surface area contributed by atoms with E-state index in [9.17, 15) is 5.41 Å². The molecule has 278 valence electrons. The highest BCUT2D eigenvalue weighted by Crippen LogP contribution is 2.38. The summed E-state index contributed by atoms with van der Waals surface area (Å²) in [5.41, 5.74) is 7.87. The Morgan fingerprint density at radius 3 is 1.56 bits per heavy atom. The highest BCUT2D eigenvalue weighted by Gasteiger charge is 2.20. The van der Waals surface area contributed by atoms with Crippen LogP contribution in [0.4, 0.5) is 11.4 Å². The van der Waals surface area contributed by atoms with Crippen LogP contribution in [0.25, 0.3) is 88.4 Å². The lowest BCUT2D eigenvalue weighted by atomic mass is 9.93. The molecule has 6 heteroatoms. The highest BCUT2D eigenvalue weighted by atomic mass is 16.3. The smallest absolute Gasteiger partial charge is 0.164 e. The van der Waals surface area contributed by atoms with Gasteiger partial charge in [-0.1, -0.05) is 146 Å². The number of nitrogens with one attached hydrogen (secondary N) is 1. The van der Waals surface area contributed by atoms with E-state index in [4.69, 9.17) is 19.4 Å². The fraction of sp³-hybridized carbons (Fsp3) is 0.0189. The third-order valence-corrected chi connectivity index (χ3v) is 11.3. The van der Waals surface area contributed by atoms with Crippen LogP contribution in [0, 0.1) is 12.3 Å². The van der Waals surface area contributed by atoms with Gasteiger partial charge in [0.05, 0.1) is 5.69 Å². The number of rotatable bonds is 6. The average molecular weight is 758 g/mol. The van der Waals surface area contributed by atoms with Gasteiger partial charge in [0.25, 0.3) is 0 Å². The van der Waals surface area contributed by atoms with Crippen molar-refractivity contribution < 1.29 is 4.42 Å². The molecule has 0 aliphatic carbocycles. The molecule has 0 radical (unpaired) electrons. The topological polar surface area (TPSA) is 78.9 Å². The van der Waals surface area contributed by atoms with Gasteiger partial charge in [0.2, 0.25) is 0 Å². The number of amidine groups is 1. The number of anilines is 2. The standard InChI is InChI=1S/C53H35N5O/c1-33-13-5-11-21-47(33)58(38-14-3-2-4-15-38)50(54)34-23-25-35(26-24-34)51-55-52(57-53(56-51)37-28-30-45-44-20-10-12-22-48(44)59-49(45)32-37)36-27-29-43-41-18-7-6-16-39(41)40-17-8-9-19-42(40)46(43)31-36/h2-32,54H,1H3. The summed E-state index contributed by atoms with van der Waals surface area (Å²) in [7, 11) is 0. The van der Waals surface area contributed by atoms with Crippen molar-refractivity contribution in [3.05, 3.63) is 199 Å². The van der Waals surface area contributed by atoms with Gasteiger partial charge < -0.3 is 4.42 Å². The van der Waals surface area contributed by atoms with Crippen LogP contribution in [0.5, 0.6) is 0 Å². The molecule has 0 spiro atoms. The number of furan rings is 1. The molecule has 59 heavy (non-hydrogen) atoms. The Bertz CT molecular complexity index is 3390. The van der Waals surface area contributed by atoms with Crippen LogP contribution < -0.4 is 4.90 Å². The van der Waals surface area contributed by atoms with Gasteiger partial charge in [0.15, 0.2) is 17.5 Å². The molecule has 0 atom stereocenters. The molecular formula is C53H35N5O. The van der Waals surface area contributed by atoms with E-state index in [1.165, 1.54) is 26.9 Å². The predicted molar refractivity (Wildman–Crippen MR) is 243 cm³/mol. The highest BCUT2D eigenvalue weighted by molar-refractivity contribution is 6.25. The Balaban J connectivity index is 1.06. The Hall–Kier alpha value is -7.96. The monoisotopic (exact) mass is 757 g/mol. The normalized spacial score (nSPS) is 11.5. The third kappa shape index (κ3) is 5.89. The number of aromatic nitrogens is 3. The van der Waals surface area contributed by atoms with E-state index in [-0.39, 0.29) is 0 Å². The summed E-state index contributed by atoms with van der Waals surface area (Å²) in [5, 5.41) is 18.8. The zero-order valence-corrected chi connectivity index (χ0v) is 32.1. The maximum absolute atomic E-state index is 9.48. The minimum absolute atomic E-state index is 0.365. The average Bonchev–Trinajstić information content (AvgIpc) is 3.68.